The van der Waals surface area contributed by atoms with Gasteiger partial charge in [-0.05, 0) is 50.6 Å². The second kappa shape index (κ2) is 12.3. The maximum absolute atomic E-state index is 12.6. The summed E-state index contributed by atoms with van der Waals surface area (Å²) < 4.78 is 5.29. The number of amides is 2. The van der Waals surface area contributed by atoms with Crippen molar-refractivity contribution >= 4 is 17.7 Å². The fourth-order valence-electron chi connectivity index (χ4n) is 3.97. The summed E-state index contributed by atoms with van der Waals surface area (Å²) in [5, 5.41) is 12.3. The molecule has 2 aromatic rings. The summed E-state index contributed by atoms with van der Waals surface area (Å²) in [5.74, 6) is -0.965. The van der Waals surface area contributed by atoms with Crippen molar-refractivity contribution in [3.63, 3.8) is 0 Å². The summed E-state index contributed by atoms with van der Waals surface area (Å²) in [7, 11) is 1.75. The van der Waals surface area contributed by atoms with Crippen LogP contribution < -0.4 is 10.2 Å². The van der Waals surface area contributed by atoms with Crippen LogP contribution in [0.3, 0.4) is 0 Å². The van der Waals surface area contributed by atoms with Gasteiger partial charge in [0, 0.05) is 50.6 Å². The van der Waals surface area contributed by atoms with Crippen molar-refractivity contribution in [3.05, 3.63) is 48.2 Å². The van der Waals surface area contributed by atoms with Gasteiger partial charge in [-0.15, -0.1) is 0 Å². The van der Waals surface area contributed by atoms with Gasteiger partial charge >= 0.3 is 12.0 Å². The Morgan fingerprint density at radius 3 is 2.58 bits per heavy atom. The predicted molar refractivity (Wildman–Crippen MR) is 129 cm³/mol. The summed E-state index contributed by atoms with van der Waals surface area (Å²) in [6.45, 7) is 5.86. The molecule has 8 heteroatoms. The van der Waals surface area contributed by atoms with E-state index in [1.807, 2.05) is 36.4 Å². The number of aliphatic carboxylic acids is 1. The Labute approximate surface area is 195 Å². The zero-order valence-electron chi connectivity index (χ0n) is 19.5. The first-order chi connectivity index (χ1) is 16.0. The normalized spacial score (nSPS) is 15.1. The number of nitrogens with one attached hydrogen (secondary N) is 1. The summed E-state index contributed by atoms with van der Waals surface area (Å²) in [5.41, 5.74) is 3.26. The van der Waals surface area contributed by atoms with Crippen molar-refractivity contribution in [1.29, 1.82) is 0 Å². The molecule has 33 heavy (non-hydrogen) atoms. The third-order valence-electron chi connectivity index (χ3n) is 5.90. The van der Waals surface area contributed by atoms with Crippen LogP contribution in [0.1, 0.15) is 31.7 Å². The lowest BCUT2D eigenvalue weighted by molar-refractivity contribution is -0.149. The number of ether oxygens (including phenoxy) is 1. The van der Waals surface area contributed by atoms with E-state index in [0.29, 0.717) is 19.6 Å². The third-order valence-corrected chi connectivity index (χ3v) is 5.90. The second-order valence-electron chi connectivity index (χ2n) is 8.28. The number of carboxylic acids is 1. The van der Waals surface area contributed by atoms with E-state index in [0.717, 1.165) is 42.1 Å². The summed E-state index contributed by atoms with van der Waals surface area (Å²) in [4.78, 5) is 32.3. The molecule has 0 saturated carbocycles. The Kier molecular flexibility index (Phi) is 9.21. The smallest absolute Gasteiger partial charge is 0.333 e. The zero-order chi connectivity index (χ0) is 23.6. The highest BCUT2D eigenvalue weighted by molar-refractivity contribution is 5.91. The van der Waals surface area contributed by atoms with Crippen LogP contribution in [-0.2, 0) is 16.0 Å². The average molecular weight is 455 g/mol. The lowest BCUT2D eigenvalue weighted by Gasteiger charge is -2.27. The Morgan fingerprint density at radius 1 is 1.18 bits per heavy atom. The molecule has 2 heterocycles. The molecule has 2 N–H and O–H groups in total. The largest absolute Gasteiger partial charge is 0.479 e. The molecule has 3 rings (SSSR count). The first kappa shape index (κ1) is 24.7. The van der Waals surface area contributed by atoms with E-state index >= 15 is 0 Å². The quantitative estimate of drug-likeness (QED) is 0.571. The molecule has 1 aliphatic rings. The highest BCUT2D eigenvalue weighted by Crippen LogP contribution is 2.23. The Hall–Kier alpha value is -2.97. The average Bonchev–Trinajstić information content (AvgIpc) is 2.84. The molecule has 178 valence electrons. The summed E-state index contributed by atoms with van der Waals surface area (Å²) in [6, 6.07) is 11.1. The molecule has 1 aromatic carbocycles. The first-order valence-electron chi connectivity index (χ1n) is 11.6. The van der Waals surface area contributed by atoms with Crippen molar-refractivity contribution in [1.82, 2.24) is 15.2 Å². The highest BCUT2D eigenvalue weighted by Gasteiger charge is 2.18. The van der Waals surface area contributed by atoms with Crippen LogP contribution in [0.15, 0.2) is 42.6 Å². The number of carboxylic acid groups (broad SMARTS) is 1. The number of carbonyl (C=O) groups excluding carboxylic acids is 1. The number of aromatic nitrogens is 1. The van der Waals surface area contributed by atoms with E-state index in [9.17, 15) is 14.7 Å². The Morgan fingerprint density at radius 2 is 1.91 bits per heavy atom. The molecule has 1 saturated heterocycles. The molecule has 1 aliphatic heterocycles. The van der Waals surface area contributed by atoms with E-state index < -0.39 is 12.1 Å². The van der Waals surface area contributed by atoms with Crippen molar-refractivity contribution < 1.29 is 19.4 Å². The number of piperidine rings is 1. The maximum Gasteiger partial charge on any atom is 0.333 e. The molecular weight excluding hydrogens is 420 g/mol. The fourth-order valence-corrected chi connectivity index (χ4v) is 3.97. The lowest BCUT2D eigenvalue weighted by Crippen LogP contribution is -2.42. The monoisotopic (exact) mass is 454 g/mol. The van der Waals surface area contributed by atoms with Crippen molar-refractivity contribution in [3.8, 4) is 11.3 Å². The minimum absolute atomic E-state index is 0.143. The van der Waals surface area contributed by atoms with Crippen molar-refractivity contribution in [2.45, 2.75) is 38.7 Å². The van der Waals surface area contributed by atoms with Crippen molar-refractivity contribution in [2.75, 3.05) is 44.7 Å². The van der Waals surface area contributed by atoms with Gasteiger partial charge in [-0.1, -0.05) is 30.7 Å². The van der Waals surface area contributed by atoms with E-state index in [-0.39, 0.29) is 6.03 Å². The van der Waals surface area contributed by atoms with E-state index in [4.69, 9.17) is 4.74 Å². The fraction of sp³-hybridized carbons (Fsp3) is 0.480. The Balaban J connectivity index is 1.58. The molecule has 1 aromatic heterocycles. The summed E-state index contributed by atoms with van der Waals surface area (Å²) >= 11 is 0. The van der Waals surface area contributed by atoms with Crippen molar-refractivity contribution in [2.24, 2.45) is 0 Å². The number of carbonyl (C=O) groups is 2. The number of benzene rings is 1. The molecule has 0 aliphatic carbocycles. The van der Waals surface area contributed by atoms with Crippen LogP contribution in [0.25, 0.3) is 11.3 Å². The highest BCUT2D eigenvalue weighted by atomic mass is 16.5. The summed E-state index contributed by atoms with van der Waals surface area (Å²) in [6.07, 6.45) is 4.91. The first-order valence-corrected chi connectivity index (χ1v) is 11.6. The van der Waals surface area contributed by atoms with E-state index in [1.54, 1.807) is 25.1 Å². The van der Waals surface area contributed by atoms with Crippen LogP contribution in [0.5, 0.6) is 0 Å². The molecular formula is C25H34N4O4. The number of anilines is 1. The molecule has 0 bridgehead atoms. The molecule has 0 spiro atoms. The minimum atomic E-state index is -0.965. The van der Waals surface area contributed by atoms with E-state index in [2.05, 4.69) is 15.2 Å². The van der Waals surface area contributed by atoms with Gasteiger partial charge in [0.1, 0.15) is 0 Å². The number of nitrogens with zero attached hydrogens (tertiary/aromatic N) is 3. The van der Waals surface area contributed by atoms with Gasteiger partial charge in [-0.2, -0.15) is 0 Å². The number of rotatable bonds is 10. The van der Waals surface area contributed by atoms with Crippen LogP contribution >= 0.6 is 0 Å². The van der Waals surface area contributed by atoms with Gasteiger partial charge < -0.3 is 20.1 Å². The number of hydrogen-bond donors (Lipinski definition) is 2. The number of hydrogen-bond acceptors (Lipinski definition) is 5. The topological polar surface area (TPSA) is 95.0 Å². The molecule has 2 amide bonds. The third kappa shape index (κ3) is 7.27. The lowest BCUT2D eigenvalue weighted by atomic mass is 10.0. The predicted octanol–water partition coefficient (Wildman–Crippen LogP) is 3.41. The number of likely N-dealkylation sites (tertiary alicyclic amines) is 1. The standard InChI is InChI=1S/C25H34N4O4/c1-3-33-23(24(30)31)17-19-7-9-20(10-8-19)22-18-21(11-12-26-22)28(2)25(32)27-13-16-29-14-5-4-6-15-29/h7-12,18,23H,3-6,13-17H2,1-2H3,(H,27,32)(H,30,31)/t23-/m0/s1. The maximum atomic E-state index is 12.6. The van der Waals surface area contributed by atoms with Gasteiger partial charge in [0.2, 0.25) is 0 Å². The van der Waals surface area contributed by atoms with Gasteiger partial charge in [-0.25, -0.2) is 9.59 Å². The van der Waals surface area contributed by atoms with Gasteiger partial charge in [-0.3, -0.25) is 9.88 Å². The van der Waals surface area contributed by atoms with Gasteiger partial charge in [0.05, 0.1) is 5.69 Å². The van der Waals surface area contributed by atoms with Gasteiger partial charge in [0.15, 0.2) is 6.10 Å². The second-order valence-corrected chi connectivity index (χ2v) is 8.28. The molecule has 0 unspecified atom stereocenters. The van der Waals surface area contributed by atoms with Crippen LogP contribution in [-0.4, -0.2) is 72.9 Å². The molecule has 0 radical (unpaired) electrons. The van der Waals surface area contributed by atoms with Crippen LogP contribution in [0.2, 0.25) is 0 Å². The minimum Gasteiger partial charge on any atom is -0.479 e. The molecule has 1 fully saturated rings. The molecule has 1 atom stereocenters. The SMILES string of the molecule is CCO[C@@H](Cc1ccc(-c2cc(N(C)C(=O)NCCN3CCCCC3)ccn2)cc1)C(=O)O. The van der Waals surface area contributed by atoms with Gasteiger partial charge in [0.25, 0.3) is 0 Å². The Bertz CT molecular complexity index is 913. The molecule has 8 nitrogen and oxygen atoms in total. The zero-order valence-corrected chi connectivity index (χ0v) is 19.5. The van der Waals surface area contributed by atoms with E-state index in [1.165, 1.54) is 19.3 Å². The van der Waals surface area contributed by atoms with Crippen LogP contribution in [0.4, 0.5) is 10.5 Å². The van der Waals surface area contributed by atoms with Crippen LogP contribution in [0, 0.1) is 0 Å². The number of pyridine rings is 1. The number of urea groups is 1.